The van der Waals surface area contributed by atoms with Gasteiger partial charge in [0.05, 0.1) is 5.92 Å². The molecule has 2 atom stereocenters. The van der Waals surface area contributed by atoms with Gasteiger partial charge in [0.25, 0.3) is 0 Å². The van der Waals surface area contributed by atoms with Crippen LogP contribution in [0.25, 0.3) is 0 Å². The molecule has 1 aromatic rings. The molecule has 1 heterocycles. The van der Waals surface area contributed by atoms with Crippen molar-refractivity contribution in [2.24, 2.45) is 11.7 Å². The number of rotatable bonds is 3. The Morgan fingerprint density at radius 3 is 2.78 bits per heavy atom. The van der Waals surface area contributed by atoms with Gasteiger partial charge in [0.15, 0.2) is 5.82 Å². The molecule has 0 aliphatic heterocycles. The Morgan fingerprint density at radius 2 is 2.11 bits per heavy atom. The molecule has 2 N–H and O–H groups in total. The fraction of sp³-hybridized carbons (Fsp3) is 0.818. The lowest BCUT2D eigenvalue weighted by atomic mass is 9.81. The van der Waals surface area contributed by atoms with E-state index in [2.05, 4.69) is 10.1 Å². The highest BCUT2D eigenvalue weighted by atomic mass is 19.4. The second-order valence-electron chi connectivity index (χ2n) is 4.69. The van der Waals surface area contributed by atoms with Crippen LogP contribution in [0.4, 0.5) is 13.2 Å². The van der Waals surface area contributed by atoms with Crippen molar-refractivity contribution in [3.63, 3.8) is 0 Å². The number of hydrogen-bond donors (Lipinski definition) is 1. The molecule has 2 rings (SSSR count). The van der Waals surface area contributed by atoms with Crippen molar-refractivity contribution in [3.05, 3.63) is 11.7 Å². The summed E-state index contributed by atoms with van der Waals surface area (Å²) in [6.45, 7) is 0.398. The molecule has 4 nitrogen and oxygen atoms in total. The summed E-state index contributed by atoms with van der Waals surface area (Å²) in [4.78, 5) is 4.12. The van der Waals surface area contributed by atoms with Gasteiger partial charge >= 0.3 is 6.18 Å². The first-order valence-corrected chi connectivity index (χ1v) is 6.10. The fourth-order valence-electron chi connectivity index (χ4n) is 2.38. The average molecular weight is 263 g/mol. The fourth-order valence-corrected chi connectivity index (χ4v) is 2.38. The minimum absolute atomic E-state index is 0.0494. The molecule has 1 aromatic heterocycles. The van der Waals surface area contributed by atoms with Crippen LogP contribution in [0.1, 0.15) is 43.3 Å². The molecule has 1 aliphatic rings. The van der Waals surface area contributed by atoms with Gasteiger partial charge < -0.3 is 10.3 Å². The van der Waals surface area contributed by atoms with Gasteiger partial charge in [-0.15, -0.1) is 0 Å². The summed E-state index contributed by atoms with van der Waals surface area (Å²) in [5, 5.41) is 3.72. The third kappa shape index (κ3) is 3.01. The first-order chi connectivity index (χ1) is 8.50. The van der Waals surface area contributed by atoms with Crippen molar-refractivity contribution in [1.82, 2.24) is 10.1 Å². The molecular weight excluding hydrogens is 247 g/mol. The maximum Gasteiger partial charge on any atom is 0.391 e. The van der Waals surface area contributed by atoms with Gasteiger partial charge in [-0.25, -0.2) is 0 Å². The Bertz CT molecular complexity index is 391. The standard InChI is InChI=1S/C11H16F3N3O/c12-11(13,14)8-3-1-2-7(6-8)10-16-9(4-5-15)17-18-10/h7-8H,1-6,15H2. The summed E-state index contributed by atoms with van der Waals surface area (Å²) < 4.78 is 43.1. The molecule has 1 fully saturated rings. The molecule has 0 aromatic carbocycles. The van der Waals surface area contributed by atoms with E-state index in [4.69, 9.17) is 10.3 Å². The van der Waals surface area contributed by atoms with E-state index in [1.165, 1.54) is 0 Å². The van der Waals surface area contributed by atoms with Crippen molar-refractivity contribution in [3.8, 4) is 0 Å². The third-order valence-corrected chi connectivity index (χ3v) is 3.34. The summed E-state index contributed by atoms with van der Waals surface area (Å²) in [6.07, 6.45) is -2.17. The summed E-state index contributed by atoms with van der Waals surface area (Å²) >= 11 is 0. The van der Waals surface area contributed by atoms with E-state index in [9.17, 15) is 13.2 Å². The molecule has 1 aliphatic carbocycles. The zero-order chi connectivity index (χ0) is 13.2. The summed E-state index contributed by atoms with van der Waals surface area (Å²) in [7, 11) is 0. The number of aromatic nitrogens is 2. The van der Waals surface area contributed by atoms with Crippen molar-refractivity contribution in [1.29, 1.82) is 0 Å². The van der Waals surface area contributed by atoms with Gasteiger partial charge in [-0.05, 0) is 25.8 Å². The number of hydrogen-bond acceptors (Lipinski definition) is 4. The quantitative estimate of drug-likeness (QED) is 0.909. The number of nitrogens with zero attached hydrogens (tertiary/aromatic N) is 2. The molecule has 7 heteroatoms. The molecule has 0 radical (unpaired) electrons. The Balaban J connectivity index is 2.03. The molecule has 0 spiro atoms. The van der Waals surface area contributed by atoms with Crippen LogP contribution in [0.2, 0.25) is 0 Å². The summed E-state index contributed by atoms with van der Waals surface area (Å²) in [6, 6.07) is 0. The van der Waals surface area contributed by atoms with Gasteiger partial charge in [0.2, 0.25) is 5.89 Å². The van der Waals surface area contributed by atoms with Crippen molar-refractivity contribution < 1.29 is 17.7 Å². The van der Waals surface area contributed by atoms with Crippen LogP contribution < -0.4 is 5.73 Å². The highest BCUT2D eigenvalue weighted by Crippen LogP contribution is 2.43. The van der Waals surface area contributed by atoms with Crippen LogP contribution in [0, 0.1) is 5.92 Å². The largest absolute Gasteiger partial charge is 0.391 e. The number of alkyl halides is 3. The van der Waals surface area contributed by atoms with E-state index < -0.39 is 12.1 Å². The second-order valence-corrected chi connectivity index (χ2v) is 4.69. The minimum Gasteiger partial charge on any atom is -0.339 e. The molecule has 0 saturated heterocycles. The first kappa shape index (κ1) is 13.3. The summed E-state index contributed by atoms with van der Waals surface area (Å²) in [5.74, 6) is -0.723. The Kier molecular flexibility index (Phi) is 3.89. The Morgan fingerprint density at radius 1 is 1.33 bits per heavy atom. The normalized spacial score (nSPS) is 25.3. The topological polar surface area (TPSA) is 64.9 Å². The van der Waals surface area contributed by atoms with E-state index in [0.29, 0.717) is 37.5 Å². The van der Waals surface area contributed by atoms with Crippen molar-refractivity contribution in [2.75, 3.05) is 6.54 Å². The minimum atomic E-state index is -4.13. The second kappa shape index (κ2) is 5.26. The highest BCUT2D eigenvalue weighted by molar-refractivity contribution is 4.97. The maximum absolute atomic E-state index is 12.7. The van der Waals surface area contributed by atoms with Gasteiger partial charge in [0, 0.05) is 12.3 Å². The van der Waals surface area contributed by atoms with E-state index >= 15 is 0 Å². The smallest absolute Gasteiger partial charge is 0.339 e. The van der Waals surface area contributed by atoms with E-state index in [1.807, 2.05) is 0 Å². The Hall–Kier alpha value is -1.11. The molecule has 102 valence electrons. The lowest BCUT2D eigenvalue weighted by Crippen LogP contribution is -2.28. The van der Waals surface area contributed by atoms with Gasteiger partial charge in [-0.1, -0.05) is 11.6 Å². The predicted molar refractivity (Wildman–Crippen MR) is 57.8 cm³/mol. The average Bonchev–Trinajstić information content (AvgIpc) is 2.77. The zero-order valence-electron chi connectivity index (χ0n) is 9.91. The third-order valence-electron chi connectivity index (χ3n) is 3.34. The lowest BCUT2D eigenvalue weighted by molar-refractivity contribution is -0.183. The molecule has 0 amide bonds. The lowest BCUT2D eigenvalue weighted by Gasteiger charge is -2.28. The molecule has 18 heavy (non-hydrogen) atoms. The maximum atomic E-state index is 12.7. The van der Waals surface area contributed by atoms with Gasteiger partial charge in [-0.3, -0.25) is 0 Å². The highest BCUT2D eigenvalue weighted by Gasteiger charge is 2.43. The SMILES string of the molecule is NCCc1noc(C2CCCC(C(F)(F)F)C2)n1. The van der Waals surface area contributed by atoms with Crippen LogP contribution in [0.5, 0.6) is 0 Å². The zero-order valence-corrected chi connectivity index (χ0v) is 9.91. The van der Waals surface area contributed by atoms with E-state index in [-0.39, 0.29) is 18.8 Å². The van der Waals surface area contributed by atoms with Crippen LogP contribution in [0.15, 0.2) is 4.52 Å². The van der Waals surface area contributed by atoms with Crippen LogP contribution in [0.3, 0.4) is 0 Å². The number of halogens is 3. The molecular formula is C11H16F3N3O. The van der Waals surface area contributed by atoms with Crippen LogP contribution in [-0.2, 0) is 6.42 Å². The molecule has 2 unspecified atom stereocenters. The van der Waals surface area contributed by atoms with Crippen LogP contribution >= 0.6 is 0 Å². The monoisotopic (exact) mass is 263 g/mol. The van der Waals surface area contributed by atoms with E-state index in [1.54, 1.807) is 0 Å². The number of nitrogens with two attached hydrogens (primary N) is 1. The Labute approximate surface area is 103 Å². The summed E-state index contributed by atoms with van der Waals surface area (Å²) in [5.41, 5.74) is 5.36. The van der Waals surface area contributed by atoms with Gasteiger partial charge in [-0.2, -0.15) is 18.2 Å². The van der Waals surface area contributed by atoms with E-state index in [0.717, 1.165) is 0 Å². The molecule has 0 bridgehead atoms. The molecule has 1 saturated carbocycles. The predicted octanol–water partition coefficient (Wildman–Crippen LogP) is 2.41. The van der Waals surface area contributed by atoms with Gasteiger partial charge in [0.1, 0.15) is 0 Å². The van der Waals surface area contributed by atoms with Crippen molar-refractivity contribution >= 4 is 0 Å². The first-order valence-electron chi connectivity index (χ1n) is 6.10. The van der Waals surface area contributed by atoms with Crippen molar-refractivity contribution in [2.45, 2.75) is 44.2 Å². The van der Waals surface area contributed by atoms with Crippen LogP contribution in [-0.4, -0.2) is 22.9 Å².